The second-order valence-electron chi connectivity index (χ2n) is 3.42. The van der Waals surface area contributed by atoms with Crippen molar-refractivity contribution in [2.45, 2.75) is 32.4 Å². The predicted molar refractivity (Wildman–Crippen MR) is 51.8 cm³/mol. The zero-order valence-electron chi connectivity index (χ0n) is 8.32. The van der Waals surface area contributed by atoms with Crippen LogP contribution in [0.4, 0.5) is 0 Å². The van der Waals surface area contributed by atoms with E-state index < -0.39 is 6.10 Å². The minimum atomic E-state index is -0.410. The van der Waals surface area contributed by atoms with Crippen LogP contribution in [0, 0.1) is 0 Å². The highest BCUT2D eigenvalue weighted by Crippen LogP contribution is 1.98. The Bertz CT molecular complexity index is 282. The fourth-order valence-electron chi connectivity index (χ4n) is 1.25. The zero-order chi connectivity index (χ0) is 10.6. The molecular formula is C9H15N3O2. The fraction of sp³-hybridized carbons (Fsp3) is 0.556. The van der Waals surface area contributed by atoms with Gasteiger partial charge in [-0.3, -0.25) is 4.79 Å². The highest BCUT2D eigenvalue weighted by atomic mass is 16.3. The van der Waals surface area contributed by atoms with Gasteiger partial charge < -0.3 is 15.4 Å². The standard InChI is InChI=1S/C9H15N3O2/c1-6(3-7(2)13)12-9(14)8-4-10-5-11-8/h4-7,13H,3H2,1-2H3,(H,10,11)(H,12,14). The summed E-state index contributed by atoms with van der Waals surface area (Å²) in [4.78, 5) is 17.9. The van der Waals surface area contributed by atoms with Crippen molar-refractivity contribution in [3.63, 3.8) is 0 Å². The molecule has 2 unspecified atom stereocenters. The van der Waals surface area contributed by atoms with Crippen molar-refractivity contribution in [2.75, 3.05) is 0 Å². The molecule has 0 radical (unpaired) electrons. The SMILES string of the molecule is CC(O)CC(C)NC(=O)c1cnc[nH]1. The predicted octanol–water partition coefficient (Wildman–Crippen LogP) is 0.299. The summed E-state index contributed by atoms with van der Waals surface area (Å²) in [5, 5.41) is 11.8. The Morgan fingerprint density at radius 1 is 1.71 bits per heavy atom. The number of nitrogens with one attached hydrogen (secondary N) is 2. The van der Waals surface area contributed by atoms with Crippen molar-refractivity contribution in [3.05, 3.63) is 18.2 Å². The average Bonchev–Trinajstić information content (AvgIpc) is 2.53. The molecule has 1 aromatic heterocycles. The third-order valence-corrected chi connectivity index (χ3v) is 1.82. The lowest BCUT2D eigenvalue weighted by Gasteiger charge is -2.14. The number of aromatic nitrogens is 2. The second-order valence-corrected chi connectivity index (χ2v) is 3.42. The molecule has 0 saturated carbocycles. The van der Waals surface area contributed by atoms with E-state index in [1.165, 1.54) is 12.5 Å². The van der Waals surface area contributed by atoms with Gasteiger partial charge in [-0.15, -0.1) is 0 Å². The topological polar surface area (TPSA) is 78.0 Å². The highest BCUT2D eigenvalue weighted by Gasteiger charge is 2.11. The van der Waals surface area contributed by atoms with Crippen LogP contribution in [0.2, 0.25) is 0 Å². The maximum absolute atomic E-state index is 11.4. The Hall–Kier alpha value is -1.36. The molecule has 0 aromatic carbocycles. The first-order valence-corrected chi connectivity index (χ1v) is 4.57. The molecule has 5 heteroatoms. The van der Waals surface area contributed by atoms with E-state index in [0.29, 0.717) is 12.1 Å². The number of aliphatic hydroxyl groups excluding tert-OH is 1. The fourth-order valence-corrected chi connectivity index (χ4v) is 1.25. The molecule has 3 N–H and O–H groups in total. The molecule has 1 aromatic rings. The number of carbonyl (C=O) groups is 1. The lowest BCUT2D eigenvalue weighted by atomic mass is 10.1. The van der Waals surface area contributed by atoms with Crippen LogP contribution in [-0.4, -0.2) is 33.1 Å². The number of imidazole rings is 1. The summed E-state index contributed by atoms with van der Waals surface area (Å²) in [7, 11) is 0. The van der Waals surface area contributed by atoms with Crippen molar-refractivity contribution in [1.29, 1.82) is 0 Å². The van der Waals surface area contributed by atoms with Crippen LogP contribution in [0.1, 0.15) is 30.8 Å². The molecule has 1 amide bonds. The van der Waals surface area contributed by atoms with Gasteiger partial charge in [0.2, 0.25) is 0 Å². The smallest absolute Gasteiger partial charge is 0.269 e. The van der Waals surface area contributed by atoms with E-state index in [9.17, 15) is 4.79 Å². The maximum Gasteiger partial charge on any atom is 0.269 e. The van der Waals surface area contributed by atoms with Crippen molar-refractivity contribution in [3.8, 4) is 0 Å². The molecule has 0 aliphatic rings. The van der Waals surface area contributed by atoms with Crippen LogP contribution in [0.5, 0.6) is 0 Å². The minimum Gasteiger partial charge on any atom is -0.393 e. The van der Waals surface area contributed by atoms with Crippen LogP contribution in [0.3, 0.4) is 0 Å². The van der Waals surface area contributed by atoms with Gasteiger partial charge in [0.05, 0.1) is 18.6 Å². The van der Waals surface area contributed by atoms with Gasteiger partial charge in [-0.25, -0.2) is 4.98 Å². The van der Waals surface area contributed by atoms with Crippen LogP contribution in [0.25, 0.3) is 0 Å². The number of hydrogen-bond acceptors (Lipinski definition) is 3. The summed E-state index contributed by atoms with van der Waals surface area (Å²) < 4.78 is 0. The van der Waals surface area contributed by atoms with Gasteiger partial charge >= 0.3 is 0 Å². The lowest BCUT2D eigenvalue weighted by Crippen LogP contribution is -2.34. The Labute approximate surface area is 82.6 Å². The van der Waals surface area contributed by atoms with Crippen LogP contribution < -0.4 is 5.32 Å². The average molecular weight is 197 g/mol. The first-order chi connectivity index (χ1) is 6.59. The third-order valence-electron chi connectivity index (χ3n) is 1.82. The summed E-state index contributed by atoms with van der Waals surface area (Å²) >= 11 is 0. The number of hydrogen-bond donors (Lipinski definition) is 3. The van der Waals surface area contributed by atoms with E-state index >= 15 is 0 Å². The molecule has 5 nitrogen and oxygen atoms in total. The maximum atomic E-state index is 11.4. The number of H-pyrrole nitrogens is 1. The minimum absolute atomic E-state index is 0.0502. The van der Waals surface area contributed by atoms with Crippen molar-refractivity contribution >= 4 is 5.91 Å². The summed E-state index contributed by atoms with van der Waals surface area (Å²) in [6, 6.07) is -0.0502. The third kappa shape index (κ3) is 3.18. The largest absolute Gasteiger partial charge is 0.393 e. The zero-order valence-corrected chi connectivity index (χ0v) is 8.32. The number of rotatable bonds is 4. The van der Waals surface area contributed by atoms with Crippen molar-refractivity contribution < 1.29 is 9.90 Å². The Kier molecular flexibility index (Phi) is 3.64. The molecule has 0 saturated heterocycles. The van der Waals surface area contributed by atoms with Gasteiger partial charge in [0.1, 0.15) is 5.69 Å². The first kappa shape index (κ1) is 10.7. The molecule has 1 rings (SSSR count). The number of aromatic amines is 1. The molecule has 0 bridgehead atoms. The molecule has 14 heavy (non-hydrogen) atoms. The second kappa shape index (κ2) is 4.76. The molecular weight excluding hydrogens is 182 g/mol. The molecule has 1 heterocycles. The Morgan fingerprint density at radius 3 is 2.93 bits per heavy atom. The summed E-state index contributed by atoms with van der Waals surface area (Å²) in [6.07, 6.45) is 3.05. The van der Waals surface area contributed by atoms with Gasteiger partial charge in [0.25, 0.3) is 5.91 Å². The van der Waals surface area contributed by atoms with Gasteiger partial charge in [0, 0.05) is 6.04 Å². The highest BCUT2D eigenvalue weighted by molar-refractivity contribution is 5.92. The summed E-state index contributed by atoms with van der Waals surface area (Å²) in [6.45, 7) is 3.54. The van der Waals surface area contributed by atoms with Crippen LogP contribution >= 0.6 is 0 Å². The van der Waals surface area contributed by atoms with E-state index in [2.05, 4.69) is 15.3 Å². The van der Waals surface area contributed by atoms with Gasteiger partial charge in [-0.05, 0) is 20.3 Å². The molecule has 78 valence electrons. The van der Waals surface area contributed by atoms with Crippen LogP contribution in [-0.2, 0) is 0 Å². The van der Waals surface area contributed by atoms with Crippen molar-refractivity contribution in [2.24, 2.45) is 0 Å². The number of carbonyl (C=O) groups excluding carboxylic acids is 1. The molecule has 0 aliphatic heterocycles. The van der Waals surface area contributed by atoms with E-state index in [1.54, 1.807) is 6.92 Å². The summed E-state index contributed by atoms with van der Waals surface area (Å²) in [5.41, 5.74) is 0.433. The van der Waals surface area contributed by atoms with E-state index in [4.69, 9.17) is 5.11 Å². The molecule has 2 atom stereocenters. The molecule has 0 spiro atoms. The lowest BCUT2D eigenvalue weighted by molar-refractivity contribution is 0.0918. The normalized spacial score (nSPS) is 14.8. The first-order valence-electron chi connectivity index (χ1n) is 4.57. The van der Waals surface area contributed by atoms with E-state index in [0.717, 1.165) is 0 Å². The van der Waals surface area contributed by atoms with Gasteiger partial charge in [0.15, 0.2) is 0 Å². The van der Waals surface area contributed by atoms with Crippen LogP contribution in [0.15, 0.2) is 12.5 Å². The number of amides is 1. The quantitative estimate of drug-likeness (QED) is 0.649. The monoisotopic (exact) mass is 197 g/mol. The summed E-state index contributed by atoms with van der Waals surface area (Å²) in [5.74, 6) is -0.198. The molecule has 0 aliphatic carbocycles. The Balaban J connectivity index is 2.41. The van der Waals surface area contributed by atoms with Crippen molar-refractivity contribution in [1.82, 2.24) is 15.3 Å². The Morgan fingerprint density at radius 2 is 2.43 bits per heavy atom. The number of aliphatic hydroxyl groups is 1. The van der Waals surface area contributed by atoms with E-state index in [-0.39, 0.29) is 11.9 Å². The molecule has 0 fully saturated rings. The van der Waals surface area contributed by atoms with E-state index in [1.807, 2.05) is 6.92 Å². The van der Waals surface area contributed by atoms with Gasteiger partial charge in [-0.1, -0.05) is 0 Å². The van der Waals surface area contributed by atoms with Gasteiger partial charge in [-0.2, -0.15) is 0 Å². The number of nitrogens with zero attached hydrogens (tertiary/aromatic N) is 1.